The molecule has 0 amide bonds. The van der Waals surface area contributed by atoms with Gasteiger partial charge in [-0.25, -0.2) is 0 Å². The number of nitrogens with zero attached hydrogens (tertiary/aromatic N) is 2. The number of fused-ring (bicyclic) bond motifs is 8. The Hall–Kier alpha value is -8.66. The Morgan fingerprint density at radius 3 is 1.69 bits per heavy atom. The summed E-state index contributed by atoms with van der Waals surface area (Å²) >= 11 is 0. The zero-order valence-corrected chi connectivity index (χ0v) is 35.4. The highest BCUT2D eigenvalue weighted by Gasteiger charge is 2.20. The van der Waals surface area contributed by atoms with E-state index in [1.54, 1.807) is 0 Å². The van der Waals surface area contributed by atoms with E-state index in [0.717, 1.165) is 55.8 Å². The van der Waals surface area contributed by atoms with Gasteiger partial charge >= 0.3 is 0 Å². The molecule has 0 saturated carbocycles. The van der Waals surface area contributed by atoms with Crippen molar-refractivity contribution in [3.63, 3.8) is 0 Å². The quantitative estimate of drug-likeness (QED) is 0.160. The lowest BCUT2D eigenvalue weighted by Crippen LogP contribution is -2.10. The zero-order chi connectivity index (χ0) is 42.8. The maximum absolute atomic E-state index is 6.17. The third kappa shape index (κ3) is 6.12. The van der Waals surface area contributed by atoms with Gasteiger partial charge in [0.05, 0.1) is 16.7 Å². The van der Waals surface area contributed by atoms with Gasteiger partial charge in [0.15, 0.2) is 0 Å². The van der Waals surface area contributed by atoms with Crippen molar-refractivity contribution in [2.24, 2.45) is 0 Å². The lowest BCUT2D eigenvalue weighted by molar-refractivity contribution is 0.669. The van der Waals surface area contributed by atoms with Crippen LogP contribution in [0.3, 0.4) is 0 Å². The fraction of sp³-hybridized carbons (Fsp3) is 0. The number of aromatic nitrogens is 1. The fourth-order valence-electron chi connectivity index (χ4n) is 10.1. The monoisotopic (exact) mass is 828 g/mol. The summed E-state index contributed by atoms with van der Waals surface area (Å²) in [5, 5.41) is 9.61. The molecule has 0 aliphatic heterocycles. The number of para-hydroxylation sites is 3. The summed E-state index contributed by atoms with van der Waals surface area (Å²) in [6.45, 7) is 0. The highest BCUT2D eigenvalue weighted by atomic mass is 16.3. The predicted octanol–water partition coefficient (Wildman–Crippen LogP) is 17.5. The van der Waals surface area contributed by atoms with Crippen molar-refractivity contribution in [1.29, 1.82) is 0 Å². The maximum atomic E-state index is 6.17. The number of benzene rings is 11. The first-order valence-electron chi connectivity index (χ1n) is 22.2. The Balaban J connectivity index is 0.951. The van der Waals surface area contributed by atoms with E-state index in [4.69, 9.17) is 4.42 Å². The minimum absolute atomic E-state index is 0.902. The van der Waals surface area contributed by atoms with Crippen LogP contribution in [0.25, 0.3) is 104 Å². The van der Waals surface area contributed by atoms with E-state index in [9.17, 15) is 0 Å². The van der Waals surface area contributed by atoms with Crippen LogP contribution >= 0.6 is 0 Å². The number of hydrogen-bond donors (Lipinski definition) is 0. The third-order valence-corrected chi connectivity index (χ3v) is 13.2. The second-order valence-corrected chi connectivity index (χ2v) is 16.9. The summed E-state index contributed by atoms with van der Waals surface area (Å²) < 4.78 is 8.54. The molecule has 304 valence electrons. The molecule has 0 N–H and O–H groups in total. The first-order valence-corrected chi connectivity index (χ1v) is 22.2. The summed E-state index contributed by atoms with van der Waals surface area (Å²) in [5.74, 6) is 0. The Morgan fingerprint density at radius 1 is 0.308 bits per heavy atom. The number of anilines is 3. The van der Waals surface area contributed by atoms with Gasteiger partial charge in [-0.1, -0.05) is 164 Å². The molecule has 0 fully saturated rings. The molecule has 3 nitrogen and oxygen atoms in total. The van der Waals surface area contributed by atoms with Gasteiger partial charge in [-0.2, -0.15) is 0 Å². The Bertz CT molecular complexity index is 3930. The van der Waals surface area contributed by atoms with E-state index in [0.29, 0.717) is 0 Å². The first-order chi connectivity index (χ1) is 32.2. The molecular weight excluding hydrogens is 789 g/mol. The average molecular weight is 829 g/mol. The molecule has 0 aliphatic carbocycles. The number of hydrogen-bond acceptors (Lipinski definition) is 2. The van der Waals surface area contributed by atoms with Crippen molar-refractivity contribution in [2.75, 3.05) is 4.90 Å². The van der Waals surface area contributed by atoms with E-state index >= 15 is 0 Å². The van der Waals surface area contributed by atoms with E-state index in [1.807, 2.05) is 12.1 Å². The van der Waals surface area contributed by atoms with Crippen LogP contribution in [0, 0.1) is 0 Å². The third-order valence-electron chi connectivity index (χ3n) is 13.2. The van der Waals surface area contributed by atoms with E-state index < -0.39 is 0 Å². The van der Waals surface area contributed by atoms with Crippen molar-refractivity contribution >= 4 is 82.4 Å². The van der Waals surface area contributed by atoms with E-state index in [1.165, 1.54) is 65.6 Å². The summed E-state index contributed by atoms with van der Waals surface area (Å²) in [4.78, 5) is 2.41. The molecule has 0 bridgehead atoms. The largest absolute Gasteiger partial charge is 0.456 e. The standard InChI is InChI=1S/C62H40N2O/c1-2-15-46(16-3-1)64-58-23-10-8-20-54(58)56-40-45(29-36-60(56)64)51-35-37-59(53-19-7-6-18-52(51)53)63(48-33-27-43(28-34-48)50-22-12-14-42-13-4-5-17-49(42)50)47-31-25-41(26-32-47)44-30-38-62-57(39-44)55-21-9-11-24-61(55)65-62/h1-40H. The van der Waals surface area contributed by atoms with Crippen LogP contribution in [0.5, 0.6) is 0 Å². The van der Waals surface area contributed by atoms with Gasteiger partial charge in [-0.05, 0) is 128 Å². The Morgan fingerprint density at radius 2 is 0.877 bits per heavy atom. The van der Waals surface area contributed by atoms with Gasteiger partial charge in [0.2, 0.25) is 0 Å². The van der Waals surface area contributed by atoms with Crippen LogP contribution in [-0.2, 0) is 0 Å². The number of furan rings is 1. The minimum atomic E-state index is 0.902. The molecule has 2 aromatic heterocycles. The summed E-state index contributed by atoms with van der Waals surface area (Å²) in [5.41, 5.74) is 15.8. The fourth-order valence-corrected chi connectivity index (χ4v) is 10.1. The zero-order valence-electron chi connectivity index (χ0n) is 35.4. The molecule has 0 radical (unpaired) electrons. The molecule has 0 spiro atoms. The molecule has 13 aromatic rings. The molecule has 0 unspecified atom stereocenters. The molecule has 0 aliphatic rings. The van der Waals surface area contributed by atoms with Crippen molar-refractivity contribution in [3.05, 3.63) is 243 Å². The normalized spacial score (nSPS) is 11.7. The molecule has 0 atom stereocenters. The van der Waals surface area contributed by atoms with Gasteiger partial charge in [0, 0.05) is 44.0 Å². The topological polar surface area (TPSA) is 21.3 Å². The van der Waals surface area contributed by atoms with Gasteiger partial charge in [0.1, 0.15) is 11.2 Å². The highest BCUT2D eigenvalue weighted by molar-refractivity contribution is 6.13. The molecule has 3 heteroatoms. The summed E-state index contributed by atoms with van der Waals surface area (Å²) in [6, 6.07) is 87.8. The van der Waals surface area contributed by atoms with Crippen molar-refractivity contribution in [3.8, 4) is 39.1 Å². The highest BCUT2D eigenvalue weighted by Crippen LogP contribution is 2.44. The van der Waals surface area contributed by atoms with Crippen molar-refractivity contribution in [2.45, 2.75) is 0 Å². The number of rotatable bonds is 7. The minimum Gasteiger partial charge on any atom is -0.456 e. The second-order valence-electron chi connectivity index (χ2n) is 16.9. The first kappa shape index (κ1) is 36.9. The van der Waals surface area contributed by atoms with Gasteiger partial charge in [0.25, 0.3) is 0 Å². The van der Waals surface area contributed by atoms with Crippen LogP contribution in [0.1, 0.15) is 0 Å². The second kappa shape index (κ2) is 15.0. The summed E-state index contributed by atoms with van der Waals surface area (Å²) in [7, 11) is 0. The van der Waals surface area contributed by atoms with Crippen LogP contribution in [0.4, 0.5) is 17.1 Å². The molecule has 11 aromatic carbocycles. The lowest BCUT2D eigenvalue weighted by atomic mass is 9.95. The maximum Gasteiger partial charge on any atom is 0.135 e. The Kier molecular flexibility index (Phi) is 8.53. The van der Waals surface area contributed by atoms with Crippen LogP contribution < -0.4 is 4.90 Å². The van der Waals surface area contributed by atoms with Gasteiger partial charge in [-0.3, -0.25) is 0 Å². The van der Waals surface area contributed by atoms with Crippen molar-refractivity contribution < 1.29 is 4.42 Å². The van der Waals surface area contributed by atoms with Crippen molar-refractivity contribution in [1.82, 2.24) is 4.57 Å². The Labute approximate surface area is 376 Å². The molecular formula is C62H40N2O. The van der Waals surface area contributed by atoms with E-state index in [-0.39, 0.29) is 0 Å². The van der Waals surface area contributed by atoms with Gasteiger partial charge in [-0.15, -0.1) is 0 Å². The molecule has 0 saturated heterocycles. The van der Waals surface area contributed by atoms with E-state index in [2.05, 4.69) is 240 Å². The lowest BCUT2D eigenvalue weighted by Gasteiger charge is -2.28. The molecule has 2 heterocycles. The predicted molar refractivity (Wildman–Crippen MR) is 274 cm³/mol. The van der Waals surface area contributed by atoms with Gasteiger partial charge < -0.3 is 13.9 Å². The average Bonchev–Trinajstić information content (AvgIpc) is 3.92. The molecule has 65 heavy (non-hydrogen) atoms. The smallest absolute Gasteiger partial charge is 0.135 e. The van der Waals surface area contributed by atoms with Crippen LogP contribution in [0.15, 0.2) is 247 Å². The molecule has 13 rings (SSSR count). The SMILES string of the molecule is c1ccc(-n2c3ccccc3c3cc(-c4ccc(N(c5ccc(-c6ccc7oc8ccccc8c7c6)cc5)c5ccc(-c6cccc7ccccc67)cc5)c5ccccc45)ccc32)cc1. The summed E-state index contributed by atoms with van der Waals surface area (Å²) in [6.07, 6.45) is 0. The van der Waals surface area contributed by atoms with Crippen LogP contribution in [-0.4, -0.2) is 4.57 Å². The van der Waals surface area contributed by atoms with Crippen LogP contribution in [0.2, 0.25) is 0 Å².